The summed E-state index contributed by atoms with van der Waals surface area (Å²) in [5.74, 6) is 1.34. The summed E-state index contributed by atoms with van der Waals surface area (Å²) in [6, 6.07) is 0.201. The van der Waals surface area contributed by atoms with Crippen molar-refractivity contribution in [3.05, 3.63) is 59.8 Å². The molecule has 1 saturated carbocycles. The van der Waals surface area contributed by atoms with Crippen LogP contribution in [-0.2, 0) is 0 Å². The van der Waals surface area contributed by atoms with Crippen LogP contribution in [0.1, 0.15) is 65.2 Å². The predicted molar refractivity (Wildman–Crippen MR) is 107 cm³/mol. The molecule has 2 unspecified atom stereocenters. The highest BCUT2D eigenvalue weighted by atomic mass is 14.7. The molecule has 1 heteroatoms. The third kappa shape index (κ3) is 5.63. The molecule has 2 atom stereocenters. The summed E-state index contributed by atoms with van der Waals surface area (Å²) in [7, 11) is 0. The van der Waals surface area contributed by atoms with E-state index in [-0.39, 0.29) is 6.04 Å². The first-order valence-corrected chi connectivity index (χ1v) is 9.73. The fraction of sp³-hybridized carbons (Fsp3) is 0.565. The van der Waals surface area contributed by atoms with Crippen LogP contribution < -0.4 is 5.73 Å². The molecule has 0 spiro atoms. The average molecular weight is 326 g/mol. The molecule has 0 heterocycles. The quantitative estimate of drug-likeness (QED) is 0.550. The summed E-state index contributed by atoms with van der Waals surface area (Å²) in [4.78, 5) is 0. The minimum atomic E-state index is 0.201. The Balaban J connectivity index is 1.89. The Morgan fingerprint density at radius 3 is 2.62 bits per heavy atom. The van der Waals surface area contributed by atoms with Crippen molar-refractivity contribution in [2.24, 2.45) is 17.6 Å². The van der Waals surface area contributed by atoms with E-state index in [1.807, 2.05) is 0 Å². The van der Waals surface area contributed by atoms with Gasteiger partial charge < -0.3 is 5.73 Å². The fourth-order valence-corrected chi connectivity index (χ4v) is 4.01. The smallest absolute Gasteiger partial charge is 0.0282 e. The molecule has 0 aromatic rings. The van der Waals surface area contributed by atoms with Crippen LogP contribution in [0.4, 0.5) is 0 Å². The molecule has 0 radical (unpaired) electrons. The van der Waals surface area contributed by atoms with Gasteiger partial charge in [-0.1, -0.05) is 67.9 Å². The second-order valence-corrected chi connectivity index (χ2v) is 7.50. The third-order valence-corrected chi connectivity index (χ3v) is 5.70. The second-order valence-electron chi connectivity index (χ2n) is 7.50. The van der Waals surface area contributed by atoms with Gasteiger partial charge in [-0.3, -0.25) is 0 Å². The van der Waals surface area contributed by atoms with Crippen LogP contribution in [-0.4, -0.2) is 6.04 Å². The standard InChI is InChI=1S/C23H35N/c1-4-21(16-15-20-11-7-5-8-12-20)18(2)17-19(3)23(24)22-13-9-6-10-14-22/h4-5,7-8,11,17,20,22-23H,2,6,9-10,12-16,24H2,1,3H3/b19-17+,21-4-. The minimum absolute atomic E-state index is 0.201. The van der Waals surface area contributed by atoms with Crippen LogP contribution in [0.3, 0.4) is 0 Å². The molecular formula is C23H35N. The molecule has 2 N–H and O–H groups in total. The highest BCUT2D eigenvalue weighted by molar-refractivity contribution is 5.39. The van der Waals surface area contributed by atoms with Crippen LogP contribution in [0, 0.1) is 11.8 Å². The minimum Gasteiger partial charge on any atom is -0.324 e. The molecule has 0 amide bonds. The monoisotopic (exact) mass is 325 g/mol. The Kier molecular flexibility index (Phi) is 7.78. The van der Waals surface area contributed by atoms with Gasteiger partial charge in [0.25, 0.3) is 0 Å². The highest BCUT2D eigenvalue weighted by Gasteiger charge is 2.21. The fourth-order valence-electron chi connectivity index (χ4n) is 4.01. The van der Waals surface area contributed by atoms with Gasteiger partial charge in [0, 0.05) is 6.04 Å². The summed E-state index contributed by atoms with van der Waals surface area (Å²) in [5.41, 5.74) is 10.3. The molecule has 0 aliphatic heterocycles. The van der Waals surface area contributed by atoms with E-state index in [2.05, 4.69) is 56.9 Å². The maximum Gasteiger partial charge on any atom is 0.0282 e. The number of hydrogen-bond donors (Lipinski definition) is 1. The Hall–Kier alpha value is -1.34. The number of nitrogens with two attached hydrogens (primary N) is 1. The van der Waals surface area contributed by atoms with Crippen molar-refractivity contribution in [3.8, 4) is 0 Å². The van der Waals surface area contributed by atoms with Gasteiger partial charge in [-0.15, -0.1) is 0 Å². The maximum absolute atomic E-state index is 6.53. The summed E-state index contributed by atoms with van der Waals surface area (Å²) in [5, 5.41) is 0. The number of hydrogen-bond acceptors (Lipinski definition) is 1. The number of allylic oxidation sites excluding steroid dienone is 8. The summed E-state index contributed by atoms with van der Waals surface area (Å²) in [6.07, 6.45) is 23.5. The van der Waals surface area contributed by atoms with Gasteiger partial charge in [-0.2, -0.15) is 0 Å². The lowest BCUT2D eigenvalue weighted by Crippen LogP contribution is -2.32. The van der Waals surface area contributed by atoms with E-state index in [1.165, 1.54) is 56.1 Å². The van der Waals surface area contributed by atoms with Crippen molar-refractivity contribution in [2.75, 3.05) is 0 Å². The van der Waals surface area contributed by atoms with Crippen molar-refractivity contribution in [2.45, 2.75) is 71.3 Å². The van der Waals surface area contributed by atoms with Gasteiger partial charge in [-0.05, 0) is 68.9 Å². The van der Waals surface area contributed by atoms with Gasteiger partial charge in [0.2, 0.25) is 0 Å². The van der Waals surface area contributed by atoms with Crippen molar-refractivity contribution < 1.29 is 0 Å². The SMILES string of the molecule is C=C(/C=C(\C)C(N)C1CCCCC1)/C(=C\C)CCC1C=CC=CC1. The molecule has 1 nitrogen and oxygen atoms in total. The topological polar surface area (TPSA) is 26.0 Å². The van der Waals surface area contributed by atoms with Crippen molar-refractivity contribution in [1.29, 1.82) is 0 Å². The Morgan fingerprint density at radius 1 is 1.25 bits per heavy atom. The van der Waals surface area contributed by atoms with Crippen LogP contribution in [0.25, 0.3) is 0 Å². The second kappa shape index (κ2) is 9.84. The molecule has 0 aromatic carbocycles. The first-order chi connectivity index (χ1) is 11.6. The zero-order valence-corrected chi connectivity index (χ0v) is 15.6. The van der Waals surface area contributed by atoms with Crippen LogP contribution in [0.15, 0.2) is 59.8 Å². The summed E-state index contributed by atoms with van der Waals surface area (Å²) < 4.78 is 0. The van der Waals surface area contributed by atoms with Gasteiger partial charge in [0.05, 0.1) is 0 Å². The molecule has 0 aromatic heterocycles. The van der Waals surface area contributed by atoms with E-state index >= 15 is 0 Å². The molecular weight excluding hydrogens is 290 g/mol. The third-order valence-electron chi connectivity index (χ3n) is 5.70. The lowest BCUT2D eigenvalue weighted by Gasteiger charge is -2.28. The van der Waals surface area contributed by atoms with E-state index in [0.29, 0.717) is 11.8 Å². The lowest BCUT2D eigenvalue weighted by atomic mass is 9.81. The van der Waals surface area contributed by atoms with E-state index in [9.17, 15) is 0 Å². The number of rotatable bonds is 7. The maximum atomic E-state index is 6.53. The van der Waals surface area contributed by atoms with E-state index < -0.39 is 0 Å². The molecule has 1 fully saturated rings. The first kappa shape index (κ1) is 19.0. The zero-order valence-electron chi connectivity index (χ0n) is 15.6. The van der Waals surface area contributed by atoms with Crippen LogP contribution >= 0.6 is 0 Å². The molecule has 2 rings (SSSR count). The average Bonchev–Trinajstić information content (AvgIpc) is 2.63. The van der Waals surface area contributed by atoms with Crippen molar-refractivity contribution in [1.82, 2.24) is 0 Å². The van der Waals surface area contributed by atoms with Crippen molar-refractivity contribution >= 4 is 0 Å². The first-order valence-electron chi connectivity index (χ1n) is 9.73. The van der Waals surface area contributed by atoms with E-state index in [1.54, 1.807) is 0 Å². The van der Waals surface area contributed by atoms with Crippen LogP contribution in [0.2, 0.25) is 0 Å². The molecule has 2 aliphatic carbocycles. The Bertz CT molecular complexity index is 526. The van der Waals surface area contributed by atoms with Gasteiger partial charge in [0.1, 0.15) is 0 Å². The largest absolute Gasteiger partial charge is 0.324 e. The van der Waals surface area contributed by atoms with Crippen molar-refractivity contribution in [3.63, 3.8) is 0 Å². The Labute approximate surface area is 149 Å². The molecule has 0 saturated heterocycles. The highest BCUT2D eigenvalue weighted by Crippen LogP contribution is 2.30. The lowest BCUT2D eigenvalue weighted by molar-refractivity contribution is 0.325. The predicted octanol–water partition coefficient (Wildman–Crippen LogP) is 6.26. The van der Waals surface area contributed by atoms with Gasteiger partial charge in [0.15, 0.2) is 0 Å². The Morgan fingerprint density at radius 2 is 2.00 bits per heavy atom. The van der Waals surface area contributed by atoms with Gasteiger partial charge >= 0.3 is 0 Å². The zero-order chi connectivity index (χ0) is 17.4. The summed E-state index contributed by atoms with van der Waals surface area (Å²) in [6.45, 7) is 8.64. The van der Waals surface area contributed by atoms with E-state index in [4.69, 9.17) is 5.73 Å². The van der Waals surface area contributed by atoms with Gasteiger partial charge in [-0.25, -0.2) is 0 Å². The molecule has 132 valence electrons. The van der Waals surface area contributed by atoms with Crippen LogP contribution in [0.5, 0.6) is 0 Å². The normalized spacial score (nSPS) is 24.2. The molecule has 24 heavy (non-hydrogen) atoms. The molecule has 0 bridgehead atoms. The molecule has 2 aliphatic rings. The van der Waals surface area contributed by atoms with E-state index in [0.717, 1.165) is 12.0 Å². The summed E-state index contributed by atoms with van der Waals surface area (Å²) >= 11 is 0.